The van der Waals surface area contributed by atoms with Crippen molar-refractivity contribution in [3.63, 3.8) is 0 Å². The lowest BCUT2D eigenvalue weighted by atomic mass is 9.84. The molecule has 0 saturated heterocycles. The number of aromatic nitrogens is 1. The minimum absolute atomic E-state index is 0.168. The number of fused-ring (bicyclic) bond motifs is 2. The first-order chi connectivity index (χ1) is 15.5. The van der Waals surface area contributed by atoms with Gasteiger partial charge in [0.15, 0.2) is 5.13 Å². The number of carbonyl (C=O) groups is 2. The number of halogens is 2. The van der Waals surface area contributed by atoms with Crippen LogP contribution in [-0.2, 0) is 11.3 Å². The number of hydrogen-bond donors (Lipinski definition) is 1. The predicted molar refractivity (Wildman–Crippen MR) is 130 cm³/mol. The van der Waals surface area contributed by atoms with Gasteiger partial charge in [0.2, 0.25) is 5.91 Å². The molecule has 1 N–H and O–H groups in total. The summed E-state index contributed by atoms with van der Waals surface area (Å²) in [5, 5.41) is 4.32. The molecule has 5 nitrogen and oxygen atoms in total. The van der Waals surface area contributed by atoms with Crippen LogP contribution in [-0.4, -0.2) is 27.7 Å². The van der Waals surface area contributed by atoms with Gasteiger partial charge in [-0.3, -0.25) is 9.59 Å². The molecule has 166 valence electrons. The first-order valence-corrected chi connectivity index (χ1v) is 12.5. The molecule has 3 aromatic rings. The lowest BCUT2D eigenvalue weighted by Gasteiger charge is -2.31. The van der Waals surface area contributed by atoms with Crippen molar-refractivity contribution in [2.24, 2.45) is 5.92 Å². The number of rotatable bonds is 5. The summed E-state index contributed by atoms with van der Waals surface area (Å²) in [5.74, 6) is 0.0744. The molecular weight excluding hydrogens is 465 g/mol. The van der Waals surface area contributed by atoms with Gasteiger partial charge in [0, 0.05) is 12.1 Å². The van der Waals surface area contributed by atoms with Crippen molar-refractivity contribution in [1.29, 1.82) is 0 Å². The second kappa shape index (κ2) is 9.00. The predicted octanol–water partition coefficient (Wildman–Crippen LogP) is 6.54. The molecule has 1 atom stereocenters. The van der Waals surface area contributed by atoms with Gasteiger partial charge >= 0.3 is 0 Å². The van der Waals surface area contributed by atoms with E-state index >= 15 is 0 Å². The van der Waals surface area contributed by atoms with Gasteiger partial charge in [-0.05, 0) is 42.2 Å². The fourth-order valence-electron chi connectivity index (χ4n) is 4.81. The number of nitrogens with zero attached hydrogens (tertiary/aromatic N) is 2. The van der Waals surface area contributed by atoms with Crippen LogP contribution < -0.4 is 5.32 Å². The zero-order valence-corrected chi connectivity index (χ0v) is 19.8. The largest absolute Gasteiger partial charge is 0.322 e. The van der Waals surface area contributed by atoms with E-state index in [9.17, 15) is 9.59 Å². The maximum Gasteiger partial charge on any atom is 0.255 e. The summed E-state index contributed by atoms with van der Waals surface area (Å²) >= 11 is 13.8. The Labute approximate surface area is 200 Å². The third kappa shape index (κ3) is 4.24. The van der Waals surface area contributed by atoms with Crippen LogP contribution in [0.1, 0.15) is 54.4 Å². The van der Waals surface area contributed by atoms with E-state index in [1.807, 2.05) is 24.3 Å². The van der Waals surface area contributed by atoms with E-state index in [-0.39, 0.29) is 11.8 Å². The first kappa shape index (κ1) is 21.7. The van der Waals surface area contributed by atoms with E-state index < -0.39 is 6.04 Å². The summed E-state index contributed by atoms with van der Waals surface area (Å²) in [4.78, 5) is 33.0. The standard InChI is InChI=1S/C24H23Cl2N3O2S/c25-17-11-15-13-29(23(31)16(15)12-18(17)26)20(10-14-6-2-1-3-7-14)22(30)28-24-27-19-8-4-5-9-21(19)32-24/h4-5,8-9,11-12,14,20H,1-3,6-7,10,13H2,(H,27,28,30)/t20-/m0/s1. The Morgan fingerprint density at radius 2 is 1.91 bits per heavy atom. The topological polar surface area (TPSA) is 62.3 Å². The van der Waals surface area contributed by atoms with Crippen molar-refractivity contribution in [1.82, 2.24) is 9.88 Å². The van der Waals surface area contributed by atoms with Gasteiger partial charge < -0.3 is 10.2 Å². The molecule has 1 aromatic heterocycles. The SMILES string of the molecule is O=C(Nc1nc2ccccc2s1)[C@H](CC1CCCCC1)N1Cc2cc(Cl)c(Cl)cc2C1=O. The average Bonchev–Trinajstić information content (AvgIpc) is 3.33. The number of amides is 2. The van der Waals surface area contributed by atoms with Crippen molar-refractivity contribution >= 4 is 61.7 Å². The number of nitrogens with one attached hydrogen (secondary N) is 1. The van der Waals surface area contributed by atoms with Crippen LogP contribution in [0.3, 0.4) is 0 Å². The number of hydrogen-bond acceptors (Lipinski definition) is 4. The Bertz CT molecular complexity index is 1160. The molecule has 0 spiro atoms. The first-order valence-electron chi connectivity index (χ1n) is 10.9. The number of anilines is 1. The van der Waals surface area contributed by atoms with Crippen molar-refractivity contribution in [3.05, 3.63) is 57.6 Å². The maximum absolute atomic E-state index is 13.5. The molecule has 0 bridgehead atoms. The molecule has 1 fully saturated rings. The Morgan fingerprint density at radius 1 is 1.16 bits per heavy atom. The van der Waals surface area contributed by atoms with E-state index in [1.54, 1.807) is 17.0 Å². The third-order valence-electron chi connectivity index (χ3n) is 6.46. The Kier molecular flexibility index (Phi) is 6.10. The van der Waals surface area contributed by atoms with Gasteiger partial charge in [-0.1, -0.05) is 78.8 Å². The highest BCUT2D eigenvalue weighted by atomic mass is 35.5. The highest BCUT2D eigenvalue weighted by Gasteiger charge is 2.38. The molecule has 2 heterocycles. The van der Waals surface area contributed by atoms with E-state index in [4.69, 9.17) is 23.2 Å². The lowest BCUT2D eigenvalue weighted by molar-refractivity contribution is -0.121. The normalized spacial score (nSPS) is 17.6. The molecule has 1 aliphatic carbocycles. The molecular formula is C24H23Cl2N3O2S. The van der Waals surface area contributed by atoms with Crippen molar-refractivity contribution in [3.8, 4) is 0 Å². The second-order valence-corrected chi connectivity index (χ2v) is 10.4. The summed E-state index contributed by atoms with van der Waals surface area (Å²) < 4.78 is 1.01. The second-order valence-electron chi connectivity index (χ2n) is 8.59. The summed E-state index contributed by atoms with van der Waals surface area (Å²) in [5.41, 5.74) is 2.19. The molecule has 1 aliphatic heterocycles. The summed E-state index contributed by atoms with van der Waals surface area (Å²) in [7, 11) is 0. The summed E-state index contributed by atoms with van der Waals surface area (Å²) in [6.45, 7) is 0.357. The molecule has 1 saturated carbocycles. The molecule has 0 radical (unpaired) electrons. The Hall–Kier alpha value is -2.15. The average molecular weight is 488 g/mol. The molecule has 2 aliphatic rings. The van der Waals surface area contributed by atoms with E-state index in [0.717, 1.165) is 28.6 Å². The molecule has 32 heavy (non-hydrogen) atoms. The van der Waals surface area contributed by atoms with Crippen LogP contribution in [0.15, 0.2) is 36.4 Å². The Balaban J connectivity index is 1.42. The summed E-state index contributed by atoms with van der Waals surface area (Å²) in [6.07, 6.45) is 6.43. The van der Waals surface area contributed by atoms with Gasteiger partial charge in [0.25, 0.3) is 5.91 Å². The van der Waals surface area contributed by atoms with Crippen LogP contribution in [0.25, 0.3) is 10.2 Å². The highest BCUT2D eigenvalue weighted by Crippen LogP contribution is 2.36. The Morgan fingerprint density at radius 3 is 2.69 bits per heavy atom. The van der Waals surface area contributed by atoms with Crippen molar-refractivity contribution in [2.75, 3.05) is 5.32 Å². The van der Waals surface area contributed by atoms with E-state index in [0.29, 0.717) is 39.6 Å². The van der Waals surface area contributed by atoms with Crippen LogP contribution in [0.4, 0.5) is 5.13 Å². The van der Waals surface area contributed by atoms with Crippen LogP contribution in [0, 0.1) is 5.92 Å². The smallest absolute Gasteiger partial charge is 0.255 e. The van der Waals surface area contributed by atoms with Crippen LogP contribution in [0.5, 0.6) is 0 Å². The minimum Gasteiger partial charge on any atom is -0.322 e. The fourth-order valence-corrected chi connectivity index (χ4v) is 6.03. The highest BCUT2D eigenvalue weighted by molar-refractivity contribution is 7.22. The van der Waals surface area contributed by atoms with Crippen LogP contribution >= 0.6 is 34.5 Å². The third-order valence-corrected chi connectivity index (χ3v) is 8.14. The quantitative estimate of drug-likeness (QED) is 0.444. The molecule has 2 aromatic carbocycles. The van der Waals surface area contributed by atoms with Gasteiger partial charge in [0.05, 0.1) is 20.3 Å². The van der Waals surface area contributed by atoms with Gasteiger partial charge in [-0.2, -0.15) is 0 Å². The molecule has 8 heteroatoms. The minimum atomic E-state index is -0.567. The maximum atomic E-state index is 13.5. The number of carbonyl (C=O) groups excluding carboxylic acids is 2. The number of para-hydroxylation sites is 1. The van der Waals surface area contributed by atoms with E-state index in [2.05, 4.69) is 10.3 Å². The van der Waals surface area contributed by atoms with Crippen molar-refractivity contribution in [2.45, 2.75) is 51.1 Å². The zero-order chi connectivity index (χ0) is 22.2. The number of benzene rings is 2. The zero-order valence-electron chi connectivity index (χ0n) is 17.4. The van der Waals surface area contributed by atoms with E-state index in [1.165, 1.54) is 30.6 Å². The van der Waals surface area contributed by atoms with Crippen LogP contribution in [0.2, 0.25) is 10.0 Å². The van der Waals surface area contributed by atoms with Gasteiger partial charge in [-0.25, -0.2) is 4.98 Å². The molecule has 5 rings (SSSR count). The van der Waals surface area contributed by atoms with Gasteiger partial charge in [-0.15, -0.1) is 0 Å². The number of thiazole rings is 1. The molecule has 2 amide bonds. The van der Waals surface area contributed by atoms with Crippen molar-refractivity contribution < 1.29 is 9.59 Å². The summed E-state index contributed by atoms with van der Waals surface area (Å²) in [6, 6.07) is 10.6. The lowest BCUT2D eigenvalue weighted by Crippen LogP contribution is -2.45. The monoisotopic (exact) mass is 487 g/mol. The van der Waals surface area contributed by atoms with Gasteiger partial charge in [0.1, 0.15) is 6.04 Å². The molecule has 0 unspecified atom stereocenters. The fraction of sp³-hybridized carbons (Fsp3) is 0.375.